The first kappa shape index (κ1) is 21.5. The molecule has 0 fully saturated rings. The number of aromatic nitrogens is 1. The number of fused-ring (bicyclic) bond motifs is 2. The van der Waals surface area contributed by atoms with Gasteiger partial charge >= 0.3 is 11.6 Å². The lowest BCUT2D eigenvalue weighted by atomic mass is 10.2. The Bertz CT molecular complexity index is 1600. The first-order valence-corrected chi connectivity index (χ1v) is 11.3. The van der Waals surface area contributed by atoms with Gasteiger partial charge in [0, 0.05) is 16.6 Å². The lowest BCUT2D eigenvalue weighted by Crippen LogP contribution is -2.23. The summed E-state index contributed by atoms with van der Waals surface area (Å²) < 4.78 is 11.3. The molecule has 2 aromatic heterocycles. The number of aryl methyl sites for hydroxylation is 1. The van der Waals surface area contributed by atoms with E-state index in [4.69, 9.17) is 9.15 Å². The topological polar surface area (TPSA) is 98.5 Å². The molecular weight excluding hydrogens is 452 g/mol. The Hall–Kier alpha value is -4.30. The molecule has 0 saturated carbocycles. The summed E-state index contributed by atoms with van der Waals surface area (Å²) in [5.74, 6) is -1.45. The maximum atomic E-state index is 12.3. The van der Waals surface area contributed by atoms with Gasteiger partial charge in [-0.25, -0.2) is 14.6 Å². The van der Waals surface area contributed by atoms with E-state index in [1.165, 1.54) is 11.6 Å². The molecule has 5 aromatic rings. The number of nitrogens with one attached hydrogen (secondary N) is 1. The van der Waals surface area contributed by atoms with Crippen molar-refractivity contribution in [2.75, 3.05) is 11.9 Å². The second-order valence-corrected chi connectivity index (χ2v) is 8.71. The number of nitrogens with zero attached hydrogens (tertiary/aromatic N) is 1. The highest BCUT2D eigenvalue weighted by atomic mass is 32.1. The van der Waals surface area contributed by atoms with Gasteiger partial charge in [-0.1, -0.05) is 24.3 Å². The van der Waals surface area contributed by atoms with Gasteiger partial charge in [0.05, 0.1) is 10.2 Å². The normalized spacial score (nSPS) is 11.0. The Kier molecular flexibility index (Phi) is 5.65. The van der Waals surface area contributed by atoms with Crippen LogP contribution in [0.2, 0.25) is 0 Å². The molecule has 0 aliphatic rings. The molecule has 0 saturated heterocycles. The molecule has 3 aromatic carbocycles. The molecule has 0 atom stereocenters. The first-order valence-electron chi connectivity index (χ1n) is 10.4. The molecule has 1 N–H and O–H groups in total. The molecule has 2 heterocycles. The summed E-state index contributed by atoms with van der Waals surface area (Å²) in [4.78, 5) is 41.3. The first-order chi connectivity index (χ1) is 16.5. The second kappa shape index (κ2) is 8.92. The third kappa shape index (κ3) is 4.44. The molecule has 168 valence electrons. The van der Waals surface area contributed by atoms with E-state index < -0.39 is 24.1 Å². The summed E-state index contributed by atoms with van der Waals surface area (Å²) >= 11 is 1.61. The Morgan fingerprint density at radius 1 is 1.03 bits per heavy atom. The van der Waals surface area contributed by atoms with Crippen molar-refractivity contribution in [2.24, 2.45) is 0 Å². The van der Waals surface area contributed by atoms with Crippen molar-refractivity contribution in [3.8, 4) is 10.6 Å². The summed E-state index contributed by atoms with van der Waals surface area (Å²) in [5.41, 5.74) is 2.91. The van der Waals surface area contributed by atoms with Crippen LogP contribution in [0.5, 0.6) is 0 Å². The van der Waals surface area contributed by atoms with Crippen molar-refractivity contribution in [1.29, 1.82) is 0 Å². The molecule has 5 rings (SSSR count). The summed E-state index contributed by atoms with van der Waals surface area (Å²) in [5, 5.41) is 4.15. The van der Waals surface area contributed by atoms with Crippen LogP contribution in [0, 0.1) is 6.92 Å². The average Bonchev–Trinajstić information content (AvgIpc) is 3.26. The number of carbonyl (C=O) groups excluding carboxylic acids is 2. The third-order valence-electron chi connectivity index (χ3n) is 5.16. The molecule has 0 aliphatic heterocycles. The summed E-state index contributed by atoms with van der Waals surface area (Å²) in [6.07, 6.45) is 0. The molecular formula is C26H18N2O5S. The number of thiazole rings is 1. The van der Waals surface area contributed by atoms with Gasteiger partial charge in [0.15, 0.2) is 6.61 Å². The van der Waals surface area contributed by atoms with E-state index in [0.717, 1.165) is 20.8 Å². The minimum Gasteiger partial charge on any atom is -0.452 e. The Morgan fingerprint density at radius 2 is 1.82 bits per heavy atom. The van der Waals surface area contributed by atoms with E-state index in [1.807, 2.05) is 31.2 Å². The lowest BCUT2D eigenvalue weighted by molar-refractivity contribution is -0.119. The minimum atomic E-state index is -0.920. The number of para-hydroxylation sites is 1. The zero-order valence-corrected chi connectivity index (χ0v) is 18.8. The number of ether oxygens (including phenoxy) is 1. The predicted octanol–water partition coefficient (Wildman–Crippen LogP) is 5.17. The molecule has 0 spiro atoms. The zero-order chi connectivity index (χ0) is 23.7. The van der Waals surface area contributed by atoms with Crippen LogP contribution in [0.15, 0.2) is 82.0 Å². The number of carbonyl (C=O) groups is 2. The number of anilines is 1. The molecule has 8 heteroatoms. The van der Waals surface area contributed by atoms with Crippen molar-refractivity contribution in [1.82, 2.24) is 4.98 Å². The molecule has 0 aliphatic carbocycles. The molecule has 7 nitrogen and oxygen atoms in total. The van der Waals surface area contributed by atoms with E-state index in [2.05, 4.69) is 16.4 Å². The number of hydrogen-bond acceptors (Lipinski definition) is 7. The van der Waals surface area contributed by atoms with E-state index >= 15 is 0 Å². The number of rotatable bonds is 5. The predicted molar refractivity (Wildman–Crippen MR) is 131 cm³/mol. The van der Waals surface area contributed by atoms with E-state index in [1.54, 1.807) is 47.7 Å². The fraction of sp³-hybridized carbons (Fsp3) is 0.0769. The smallest absolute Gasteiger partial charge is 0.351 e. The van der Waals surface area contributed by atoms with Crippen LogP contribution in [0.25, 0.3) is 31.8 Å². The molecule has 1 amide bonds. The van der Waals surface area contributed by atoms with Crippen molar-refractivity contribution in [3.63, 3.8) is 0 Å². The van der Waals surface area contributed by atoms with E-state index in [9.17, 15) is 14.4 Å². The Morgan fingerprint density at radius 3 is 2.65 bits per heavy atom. The van der Waals surface area contributed by atoms with Gasteiger partial charge in [-0.2, -0.15) is 0 Å². The van der Waals surface area contributed by atoms with Crippen LogP contribution in [-0.4, -0.2) is 23.5 Å². The monoisotopic (exact) mass is 470 g/mol. The number of benzene rings is 3. The largest absolute Gasteiger partial charge is 0.452 e. The standard InChI is InChI=1S/C26H18N2O5S/c1-15-6-11-20-22(12-15)34-24(28-20)16-7-9-18(10-8-16)27-23(29)14-32-25(30)19-13-17-4-2-3-5-21(17)33-26(19)31/h2-13H,14H2,1H3,(H,27,29). The summed E-state index contributed by atoms with van der Waals surface area (Å²) in [6, 6.07) is 21.6. The van der Waals surface area contributed by atoms with E-state index in [-0.39, 0.29) is 5.56 Å². The lowest BCUT2D eigenvalue weighted by Gasteiger charge is -2.07. The van der Waals surface area contributed by atoms with Crippen molar-refractivity contribution in [3.05, 3.63) is 94.3 Å². The van der Waals surface area contributed by atoms with Crippen molar-refractivity contribution in [2.45, 2.75) is 6.92 Å². The van der Waals surface area contributed by atoms with Gasteiger partial charge < -0.3 is 14.5 Å². The van der Waals surface area contributed by atoms with E-state index in [0.29, 0.717) is 16.7 Å². The minimum absolute atomic E-state index is 0.262. The van der Waals surface area contributed by atoms with Gasteiger partial charge in [-0.3, -0.25) is 4.79 Å². The highest BCUT2D eigenvalue weighted by molar-refractivity contribution is 7.21. The Balaban J connectivity index is 1.22. The van der Waals surface area contributed by atoms with Crippen LogP contribution in [0.3, 0.4) is 0 Å². The highest BCUT2D eigenvalue weighted by Crippen LogP contribution is 2.31. The average molecular weight is 471 g/mol. The molecule has 0 radical (unpaired) electrons. The van der Waals surface area contributed by atoms with Gasteiger partial charge in [0.2, 0.25) is 0 Å². The maximum absolute atomic E-state index is 12.3. The number of amides is 1. The molecule has 34 heavy (non-hydrogen) atoms. The van der Waals surface area contributed by atoms with Crippen LogP contribution < -0.4 is 10.9 Å². The van der Waals surface area contributed by atoms with Gasteiger partial charge in [-0.05, 0) is 61.0 Å². The SMILES string of the molecule is Cc1ccc2nc(-c3ccc(NC(=O)COC(=O)c4cc5ccccc5oc4=O)cc3)sc2c1. The fourth-order valence-electron chi connectivity index (χ4n) is 3.46. The fourth-order valence-corrected chi connectivity index (χ4v) is 4.53. The second-order valence-electron chi connectivity index (χ2n) is 7.68. The highest BCUT2D eigenvalue weighted by Gasteiger charge is 2.17. The molecule has 0 unspecified atom stereocenters. The van der Waals surface area contributed by atoms with Crippen LogP contribution in [0.4, 0.5) is 5.69 Å². The van der Waals surface area contributed by atoms with Crippen LogP contribution in [0.1, 0.15) is 15.9 Å². The Labute approximate surface area is 197 Å². The zero-order valence-electron chi connectivity index (χ0n) is 18.0. The van der Waals surface area contributed by atoms with Crippen LogP contribution >= 0.6 is 11.3 Å². The van der Waals surface area contributed by atoms with Crippen LogP contribution in [-0.2, 0) is 9.53 Å². The summed E-state index contributed by atoms with van der Waals surface area (Å²) in [7, 11) is 0. The quantitative estimate of drug-likeness (QED) is 0.281. The van der Waals surface area contributed by atoms with Gasteiger partial charge in [0.1, 0.15) is 16.2 Å². The summed E-state index contributed by atoms with van der Waals surface area (Å²) in [6.45, 7) is 1.51. The van der Waals surface area contributed by atoms with Gasteiger partial charge in [0.25, 0.3) is 5.91 Å². The number of hydrogen-bond donors (Lipinski definition) is 1. The third-order valence-corrected chi connectivity index (χ3v) is 6.22. The van der Waals surface area contributed by atoms with Crippen molar-refractivity contribution < 1.29 is 18.7 Å². The van der Waals surface area contributed by atoms with Gasteiger partial charge in [-0.15, -0.1) is 11.3 Å². The maximum Gasteiger partial charge on any atom is 0.351 e. The molecule has 0 bridgehead atoms. The van der Waals surface area contributed by atoms with Crippen molar-refractivity contribution >= 4 is 50.1 Å². The number of esters is 1.